The molecule has 0 saturated carbocycles. The number of sulfonamides is 1. The minimum atomic E-state index is -3.77. The fourth-order valence-electron chi connectivity index (χ4n) is 3.35. The zero-order valence-corrected chi connectivity index (χ0v) is 17.2. The Morgan fingerprint density at radius 1 is 1.10 bits per heavy atom. The zero-order chi connectivity index (χ0) is 21.3. The van der Waals surface area contributed by atoms with E-state index in [1.165, 1.54) is 16.4 Å². The molecular formula is C20H22N4O5S. The van der Waals surface area contributed by atoms with E-state index in [4.69, 9.17) is 4.74 Å². The van der Waals surface area contributed by atoms with Crippen molar-refractivity contribution in [1.29, 1.82) is 0 Å². The van der Waals surface area contributed by atoms with Crippen LogP contribution in [-0.4, -0.2) is 61.8 Å². The summed E-state index contributed by atoms with van der Waals surface area (Å²) in [5, 5.41) is 5.47. The number of ether oxygens (including phenoxy) is 1. The van der Waals surface area contributed by atoms with Gasteiger partial charge in [0.2, 0.25) is 10.0 Å². The normalized spacial score (nSPS) is 19.4. The van der Waals surface area contributed by atoms with Crippen molar-refractivity contribution in [2.45, 2.75) is 17.9 Å². The third-order valence-corrected chi connectivity index (χ3v) is 6.97. The molecule has 1 fully saturated rings. The van der Waals surface area contributed by atoms with Gasteiger partial charge in [-0.15, -0.1) is 0 Å². The van der Waals surface area contributed by atoms with Crippen LogP contribution in [0.5, 0.6) is 5.75 Å². The van der Waals surface area contributed by atoms with E-state index in [1.807, 2.05) is 18.2 Å². The third-order valence-electron chi connectivity index (χ3n) is 5.07. The minimum Gasteiger partial charge on any atom is -0.479 e. The second-order valence-electron chi connectivity index (χ2n) is 7.09. The lowest BCUT2D eigenvalue weighted by atomic mass is 10.2. The van der Waals surface area contributed by atoms with E-state index in [0.717, 1.165) is 0 Å². The Kier molecular flexibility index (Phi) is 5.35. The Morgan fingerprint density at radius 3 is 2.50 bits per heavy atom. The summed E-state index contributed by atoms with van der Waals surface area (Å²) in [6.45, 7) is 2.54. The molecule has 0 spiro atoms. The number of hydrogen-bond donors (Lipinski definition) is 2. The summed E-state index contributed by atoms with van der Waals surface area (Å²) in [5.74, 6) is 0.110. The molecule has 3 amide bonds. The molecular weight excluding hydrogens is 408 g/mol. The molecule has 2 N–H and O–H groups in total. The van der Waals surface area contributed by atoms with E-state index < -0.39 is 16.1 Å². The first-order valence-electron chi connectivity index (χ1n) is 9.57. The summed E-state index contributed by atoms with van der Waals surface area (Å²) in [6.07, 6.45) is -0.630. The Hall–Kier alpha value is -3.11. The summed E-state index contributed by atoms with van der Waals surface area (Å²) < 4.78 is 32.9. The first-order chi connectivity index (χ1) is 14.3. The summed E-state index contributed by atoms with van der Waals surface area (Å²) in [5.41, 5.74) is 1.02. The number of hydrogen-bond acceptors (Lipinski definition) is 5. The van der Waals surface area contributed by atoms with Crippen LogP contribution in [0.4, 0.5) is 16.2 Å². The molecule has 1 unspecified atom stereocenters. The lowest BCUT2D eigenvalue weighted by Gasteiger charge is -2.34. The number of anilines is 2. The summed E-state index contributed by atoms with van der Waals surface area (Å²) in [4.78, 5) is 25.9. The molecule has 4 rings (SSSR count). The van der Waals surface area contributed by atoms with E-state index in [1.54, 1.807) is 30.0 Å². The SMILES string of the molecule is CC1Oc2ccc(S(=O)(=O)N3CCN(C(=O)Nc4ccccc4)CC3)cc2NC1=O. The van der Waals surface area contributed by atoms with Gasteiger partial charge >= 0.3 is 6.03 Å². The number of fused-ring (bicyclic) bond motifs is 1. The number of urea groups is 1. The second-order valence-corrected chi connectivity index (χ2v) is 9.03. The average Bonchev–Trinajstić information content (AvgIpc) is 2.75. The monoisotopic (exact) mass is 430 g/mol. The number of amides is 3. The maximum absolute atomic E-state index is 13.0. The predicted octanol–water partition coefficient (Wildman–Crippen LogP) is 1.94. The van der Waals surface area contributed by atoms with Gasteiger partial charge in [0.1, 0.15) is 5.75 Å². The Morgan fingerprint density at radius 2 is 1.80 bits per heavy atom. The molecule has 2 heterocycles. The molecule has 2 aliphatic rings. The van der Waals surface area contributed by atoms with Crippen molar-refractivity contribution in [2.75, 3.05) is 36.8 Å². The first kappa shape index (κ1) is 20.2. The van der Waals surface area contributed by atoms with Crippen LogP contribution in [0.2, 0.25) is 0 Å². The van der Waals surface area contributed by atoms with E-state index in [-0.39, 0.29) is 43.0 Å². The predicted molar refractivity (Wildman–Crippen MR) is 111 cm³/mol. The van der Waals surface area contributed by atoms with Gasteiger partial charge in [-0.25, -0.2) is 13.2 Å². The van der Waals surface area contributed by atoms with Crippen LogP contribution >= 0.6 is 0 Å². The molecule has 0 aliphatic carbocycles. The van der Waals surface area contributed by atoms with Crippen molar-refractivity contribution in [3.63, 3.8) is 0 Å². The van der Waals surface area contributed by atoms with Gasteiger partial charge in [-0.1, -0.05) is 18.2 Å². The van der Waals surface area contributed by atoms with Crippen LogP contribution in [0, 0.1) is 0 Å². The number of para-hydroxylation sites is 1. The molecule has 2 aromatic rings. The molecule has 1 atom stereocenters. The maximum Gasteiger partial charge on any atom is 0.321 e. The Balaban J connectivity index is 1.42. The fourth-order valence-corrected chi connectivity index (χ4v) is 4.80. The van der Waals surface area contributed by atoms with Crippen LogP contribution in [-0.2, 0) is 14.8 Å². The fraction of sp³-hybridized carbons (Fsp3) is 0.300. The second kappa shape index (κ2) is 7.96. The quantitative estimate of drug-likeness (QED) is 0.774. The smallest absolute Gasteiger partial charge is 0.321 e. The lowest BCUT2D eigenvalue weighted by molar-refractivity contribution is -0.122. The van der Waals surface area contributed by atoms with Crippen LogP contribution in [0.15, 0.2) is 53.4 Å². The number of nitrogens with one attached hydrogen (secondary N) is 2. The number of benzene rings is 2. The molecule has 2 aromatic carbocycles. The lowest BCUT2D eigenvalue weighted by Crippen LogP contribution is -2.51. The van der Waals surface area contributed by atoms with Gasteiger partial charge in [-0.3, -0.25) is 4.79 Å². The van der Waals surface area contributed by atoms with Crippen LogP contribution in [0.25, 0.3) is 0 Å². The maximum atomic E-state index is 13.0. The van der Waals surface area contributed by atoms with Crippen molar-refractivity contribution in [3.8, 4) is 5.75 Å². The minimum absolute atomic E-state index is 0.0712. The van der Waals surface area contributed by atoms with Crippen molar-refractivity contribution >= 4 is 33.3 Å². The van der Waals surface area contributed by atoms with Gasteiger partial charge in [0.15, 0.2) is 6.10 Å². The topological polar surface area (TPSA) is 108 Å². The number of carbonyl (C=O) groups excluding carboxylic acids is 2. The van der Waals surface area contributed by atoms with Gasteiger partial charge in [0.05, 0.1) is 10.6 Å². The zero-order valence-electron chi connectivity index (χ0n) is 16.4. The number of piperazine rings is 1. The van der Waals surface area contributed by atoms with Crippen molar-refractivity contribution < 1.29 is 22.7 Å². The van der Waals surface area contributed by atoms with E-state index in [2.05, 4.69) is 10.6 Å². The highest BCUT2D eigenvalue weighted by molar-refractivity contribution is 7.89. The van der Waals surface area contributed by atoms with Crippen molar-refractivity contribution in [3.05, 3.63) is 48.5 Å². The van der Waals surface area contributed by atoms with Crippen LogP contribution in [0.1, 0.15) is 6.92 Å². The average molecular weight is 430 g/mol. The van der Waals surface area contributed by atoms with Gasteiger partial charge in [0, 0.05) is 31.9 Å². The van der Waals surface area contributed by atoms with E-state index in [9.17, 15) is 18.0 Å². The molecule has 1 saturated heterocycles. The molecule has 9 nitrogen and oxygen atoms in total. The first-order valence-corrected chi connectivity index (χ1v) is 11.0. The van der Waals surface area contributed by atoms with E-state index >= 15 is 0 Å². The highest BCUT2D eigenvalue weighted by atomic mass is 32.2. The molecule has 2 aliphatic heterocycles. The molecule has 0 aromatic heterocycles. The van der Waals surface area contributed by atoms with Crippen molar-refractivity contribution in [1.82, 2.24) is 9.21 Å². The summed E-state index contributed by atoms with van der Waals surface area (Å²) in [6, 6.07) is 13.2. The number of carbonyl (C=O) groups is 2. The van der Waals surface area contributed by atoms with Gasteiger partial charge in [0.25, 0.3) is 5.91 Å². The van der Waals surface area contributed by atoms with Crippen molar-refractivity contribution in [2.24, 2.45) is 0 Å². The third kappa shape index (κ3) is 3.96. The molecule has 30 heavy (non-hydrogen) atoms. The van der Waals surface area contributed by atoms with Gasteiger partial charge in [-0.2, -0.15) is 4.31 Å². The molecule has 0 bridgehead atoms. The highest BCUT2D eigenvalue weighted by Gasteiger charge is 2.32. The number of rotatable bonds is 3. The van der Waals surface area contributed by atoms with Gasteiger partial charge < -0.3 is 20.3 Å². The van der Waals surface area contributed by atoms with Crippen LogP contribution < -0.4 is 15.4 Å². The molecule has 0 radical (unpaired) electrons. The highest BCUT2D eigenvalue weighted by Crippen LogP contribution is 2.32. The van der Waals surface area contributed by atoms with E-state index in [0.29, 0.717) is 17.1 Å². The largest absolute Gasteiger partial charge is 0.479 e. The summed E-state index contributed by atoms with van der Waals surface area (Å²) >= 11 is 0. The Bertz CT molecular complexity index is 1070. The Labute approximate surface area is 174 Å². The van der Waals surface area contributed by atoms with Gasteiger partial charge in [-0.05, 0) is 37.3 Å². The molecule has 158 valence electrons. The molecule has 10 heteroatoms. The number of nitrogens with zero attached hydrogens (tertiary/aromatic N) is 2. The standard InChI is InChI=1S/C20H22N4O5S/c1-14-19(25)22-17-13-16(7-8-18(17)29-14)30(27,28)24-11-9-23(10-12-24)20(26)21-15-5-3-2-4-6-15/h2-8,13-14H,9-12H2,1H3,(H,21,26)(H,22,25). The van der Waals surface area contributed by atoms with Crippen LogP contribution in [0.3, 0.4) is 0 Å². The summed E-state index contributed by atoms with van der Waals surface area (Å²) in [7, 11) is -3.77.